The quantitative estimate of drug-likeness (QED) is 0.843. The van der Waals surface area contributed by atoms with Gasteiger partial charge in [-0.1, -0.05) is 24.3 Å². The van der Waals surface area contributed by atoms with Gasteiger partial charge in [0.1, 0.15) is 5.37 Å². The summed E-state index contributed by atoms with van der Waals surface area (Å²) in [6.07, 6.45) is 0. The number of amides is 3. The molecule has 25 heavy (non-hydrogen) atoms. The van der Waals surface area contributed by atoms with Crippen LogP contribution in [0, 0.1) is 6.92 Å². The highest BCUT2D eigenvalue weighted by molar-refractivity contribution is 8.01. The second-order valence-corrected chi connectivity index (χ2v) is 8.07. The Hall–Kier alpha value is -1.69. The molecule has 0 radical (unpaired) electrons. The molecule has 0 spiro atoms. The Morgan fingerprint density at radius 2 is 2.04 bits per heavy atom. The summed E-state index contributed by atoms with van der Waals surface area (Å²) in [4.78, 5) is 28.6. The molecule has 0 bridgehead atoms. The summed E-state index contributed by atoms with van der Waals surface area (Å²) in [5, 5.41) is 2.82. The van der Waals surface area contributed by atoms with Gasteiger partial charge in [0.2, 0.25) is 5.91 Å². The van der Waals surface area contributed by atoms with Gasteiger partial charge >= 0.3 is 6.03 Å². The molecule has 1 aliphatic heterocycles. The van der Waals surface area contributed by atoms with Crippen molar-refractivity contribution in [3.63, 3.8) is 0 Å². The Bertz CT molecular complexity index is 620. The van der Waals surface area contributed by atoms with Gasteiger partial charge in [0.05, 0.1) is 5.25 Å². The van der Waals surface area contributed by atoms with Gasteiger partial charge in [-0.3, -0.25) is 4.79 Å². The zero-order chi connectivity index (χ0) is 18.6. The van der Waals surface area contributed by atoms with E-state index < -0.39 is 0 Å². The lowest BCUT2D eigenvalue weighted by molar-refractivity contribution is -0.130. The Morgan fingerprint density at radius 3 is 2.64 bits per heavy atom. The third-order valence-corrected chi connectivity index (χ3v) is 5.87. The number of nitrogens with zero attached hydrogens (tertiary/aromatic N) is 2. The number of benzene rings is 1. The van der Waals surface area contributed by atoms with Gasteiger partial charge in [0, 0.05) is 25.7 Å². The molecule has 0 unspecified atom stereocenters. The van der Waals surface area contributed by atoms with Crippen LogP contribution < -0.4 is 5.32 Å². The Morgan fingerprint density at radius 1 is 1.36 bits per heavy atom. The summed E-state index contributed by atoms with van der Waals surface area (Å²) in [6.45, 7) is 11.6. The van der Waals surface area contributed by atoms with Crippen LogP contribution in [0.5, 0.6) is 0 Å². The predicted molar refractivity (Wildman–Crippen MR) is 104 cm³/mol. The lowest BCUT2D eigenvalue weighted by Crippen LogP contribution is -2.48. The standard InChI is InChI=1S/C19H29N3O2S/c1-6-20-19(24)21(13(2)3)11-12-22-17(23)15(5)25-18(22)16-10-8-7-9-14(16)4/h7-10,13,15,18H,6,11-12H2,1-5H3,(H,20,24)/t15-,18-/m1/s1. The number of hydrogen-bond donors (Lipinski definition) is 1. The van der Waals surface area contributed by atoms with E-state index in [0.29, 0.717) is 19.6 Å². The van der Waals surface area contributed by atoms with Crippen molar-refractivity contribution in [1.82, 2.24) is 15.1 Å². The van der Waals surface area contributed by atoms with E-state index in [1.165, 1.54) is 11.1 Å². The highest BCUT2D eigenvalue weighted by atomic mass is 32.2. The van der Waals surface area contributed by atoms with Gasteiger partial charge in [-0.25, -0.2) is 4.79 Å². The normalized spacial score (nSPS) is 20.2. The van der Waals surface area contributed by atoms with Crippen molar-refractivity contribution in [3.8, 4) is 0 Å². The van der Waals surface area contributed by atoms with Crippen molar-refractivity contribution < 1.29 is 9.59 Å². The van der Waals surface area contributed by atoms with Crippen LogP contribution in [-0.4, -0.2) is 52.7 Å². The topological polar surface area (TPSA) is 52.7 Å². The summed E-state index contributed by atoms with van der Waals surface area (Å²) >= 11 is 1.69. The van der Waals surface area contributed by atoms with Gasteiger partial charge in [0.25, 0.3) is 0 Å². The average Bonchev–Trinajstić information content (AvgIpc) is 2.83. The highest BCUT2D eigenvalue weighted by Gasteiger charge is 2.39. The van der Waals surface area contributed by atoms with Crippen LogP contribution in [0.25, 0.3) is 0 Å². The van der Waals surface area contributed by atoms with Crippen LogP contribution in [0.3, 0.4) is 0 Å². The van der Waals surface area contributed by atoms with Crippen LogP contribution in [-0.2, 0) is 4.79 Å². The molecular weight excluding hydrogens is 334 g/mol. The van der Waals surface area contributed by atoms with Crippen LogP contribution in [0.1, 0.15) is 44.2 Å². The number of thioether (sulfide) groups is 1. The SMILES string of the molecule is CCNC(=O)N(CCN1C(=O)[C@@H](C)S[C@@H]1c1ccccc1C)C(C)C. The van der Waals surface area contributed by atoms with Crippen LogP contribution in [0.2, 0.25) is 0 Å². The zero-order valence-corrected chi connectivity index (χ0v) is 16.6. The Balaban J connectivity index is 2.15. The molecule has 6 heteroatoms. The third-order valence-electron chi connectivity index (χ3n) is 4.50. The molecule has 2 rings (SSSR count). The molecule has 1 aromatic rings. The summed E-state index contributed by atoms with van der Waals surface area (Å²) < 4.78 is 0. The molecule has 0 aromatic heterocycles. The van der Waals surface area contributed by atoms with Crippen molar-refractivity contribution in [2.24, 2.45) is 0 Å². The summed E-state index contributed by atoms with van der Waals surface area (Å²) in [5.41, 5.74) is 2.37. The van der Waals surface area contributed by atoms with E-state index in [1.54, 1.807) is 16.7 Å². The van der Waals surface area contributed by atoms with Crippen molar-refractivity contribution >= 4 is 23.7 Å². The summed E-state index contributed by atoms with van der Waals surface area (Å²) in [5.74, 6) is 0.151. The fraction of sp³-hybridized carbons (Fsp3) is 0.579. The first-order valence-electron chi connectivity index (χ1n) is 8.92. The molecule has 0 aliphatic carbocycles. The predicted octanol–water partition coefficient (Wildman–Crippen LogP) is 3.40. The molecule has 1 N–H and O–H groups in total. The first kappa shape index (κ1) is 19.6. The minimum Gasteiger partial charge on any atom is -0.338 e. The molecule has 1 saturated heterocycles. The smallest absolute Gasteiger partial charge is 0.317 e. The zero-order valence-electron chi connectivity index (χ0n) is 15.8. The third kappa shape index (κ3) is 4.48. The number of hydrogen-bond acceptors (Lipinski definition) is 3. The van der Waals surface area contributed by atoms with Gasteiger partial charge in [-0.15, -0.1) is 11.8 Å². The first-order valence-corrected chi connectivity index (χ1v) is 9.87. The van der Waals surface area contributed by atoms with Gasteiger partial charge in [0.15, 0.2) is 0 Å². The fourth-order valence-corrected chi connectivity index (χ4v) is 4.47. The number of nitrogens with one attached hydrogen (secondary N) is 1. The van der Waals surface area contributed by atoms with E-state index in [9.17, 15) is 9.59 Å². The van der Waals surface area contributed by atoms with E-state index >= 15 is 0 Å². The molecule has 1 aliphatic rings. The van der Waals surface area contributed by atoms with Crippen molar-refractivity contribution in [2.75, 3.05) is 19.6 Å². The second kappa shape index (κ2) is 8.61. The van der Waals surface area contributed by atoms with E-state index in [1.807, 2.05) is 44.7 Å². The van der Waals surface area contributed by atoms with Gasteiger partial charge < -0.3 is 15.1 Å². The minimum absolute atomic E-state index is 0.0203. The van der Waals surface area contributed by atoms with Crippen LogP contribution >= 0.6 is 11.8 Å². The number of urea groups is 1. The molecule has 1 heterocycles. The van der Waals surface area contributed by atoms with E-state index in [2.05, 4.69) is 24.4 Å². The van der Waals surface area contributed by atoms with E-state index in [-0.39, 0.29) is 28.6 Å². The molecule has 1 fully saturated rings. The van der Waals surface area contributed by atoms with Crippen molar-refractivity contribution in [2.45, 2.75) is 51.3 Å². The highest BCUT2D eigenvalue weighted by Crippen LogP contribution is 2.43. The molecule has 3 amide bonds. The summed E-state index contributed by atoms with van der Waals surface area (Å²) in [7, 11) is 0. The van der Waals surface area contributed by atoms with Crippen molar-refractivity contribution in [3.05, 3.63) is 35.4 Å². The number of carbonyl (C=O) groups is 2. The molecule has 1 aromatic carbocycles. The monoisotopic (exact) mass is 363 g/mol. The van der Waals surface area contributed by atoms with Crippen molar-refractivity contribution in [1.29, 1.82) is 0 Å². The Kier molecular flexibility index (Phi) is 6.76. The first-order chi connectivity index (χ1) is 11.9. The molecular formula is C19H29N3O2S. The molecule has 0 saturated carbocycles. The molecule has 2 atom stereocenters. The molecule has 5 nitrogen and oxygen atoms in total. The number of carbonyl (C=O) groups excluding carboxylic acids is 2. The Labute approximate surface area is 155 Å². The second-order valence-electron chi connectivity index (χ2n) is 6.64. The van der Waals surface area contributed by atoms with E-state index in [0.717, 1.165) is 0 Å². The lowest BCUT2D eigenvalue weighted by atomic mass is 10.1. The number of rotatable bonds is 6. The van der Waals surface area contributed by atoms with Crippen LogP contribution in [0.4, 0.5) is 4.79 Å². The maximum Gasteiger partial charge on any atom is 0.317 e. The van der Waals surface area contributed by atoms with Gasteiger partial charge in [-0.05, 0) is 45.7 Å². The maximum atomic E-state index is 12.7. The summed E-state index contributed by atoms with van der Waals surface area (Å²) in [6, 6.07) is 8.22. The lowest BCUT2D eigenvalue weighted by Gasteiger charge is -2.31. The van der Waals surface area contributed by atoms with Crippen LogP contribution in [0.15, 0.2) is 24.3 Å². The maximum absolute atomic E-state index is 12.7. The fourth-order valence-electron chi connectivity index (χ4n) is 3.07. The molecule has 138 valence electrons. The largest absolute Gasteiger partial charge is 0.338 e. The minimum atomic E-state index is -0.0720. The van der Waals surface area contributed by atoms with E-state index in [4.69, 9.17) is 0 Å². The van der Waals surface area contributed by atoms with Gasteiger partial charge in [-0.2, -0.15) is 0 Å². The average molecular weight is 364 g/mol. The number of aryl methyl sites for hydroxylation is 1.